The zero-order valence-electron chi connectivity index (χ0n) is 9.96. The molecule has 0 radical (unpaired) electrons. The molecule has 1 aromatic carbocycles. The molecule has 0 saturated heterocycles. The Kier molecular flexibility index (Phi) is 4.44. The van der Waals surface area contributed by atoms with E-state index < -0.39 is 0 Å². The minimum Gasteiger partial charge on any atom is -0.491 e. The van der Waals surface area contributed by atoms with E-state index in [1.165, 1.54) is 11.3 Å². The van der Waals surface area contributed by atoms with Crippen molar-refractivity contribution >= 4 is 17.6 Å². The third-order valence-electron chi connectivity index (χ3n) is 2.33. The molecule has 5 heteroatoms. The third kappa shape index (κ3) is 3.15. The molecule has 0 amide bonds. The van der Waals surface area contributed by atoms with E-state index in [4.69, 9.17) is 9.47 Å². The van der Waals surface area contributed by atoms with Crippen molar-refractivity contribution in [3.8, 4) is 17.0 Å². The van der Waals surface area contributed by atoms with Gasteiger partial charge in [-0.3, -0.25) is 4.79 Å². The van der Waals surface area contributed by atoms with Gasteiger partial charge in [0.25, 0.3) is 0 Å². The lowest BCUT2D eigenvalue weighted by Crippen LogP contribution is -2.03. The van der Waals surface area contributed by atoms with Crippen LogP contribution in [0.4, 0.5) is 0 Å². The molecular formula is C13H13NO3S. The average molecular weight is 263 g/mol. The molecule has 0 aliphatic carbocycles. The summed E-state index contributed by atoms with van der Waals surface area (Å²) in [6.07, 6.45) is 0.760. The second kappa shape index (κ2) is 6.28. The molecule has 1 aromatic heterocycles. The molecule has 0 unspecified atom stereocenters. The van der Waals surface area contributed by atoms with E-state index in [-0.39, 0.29) is 0 Å². The van der Waals surface area contributed by atoms with Crippen LogP contribution in [0.5, 0.6) is 5.75 Å². The highest BCUT2D eigenvalue weighted by Gasteiger charge is 2.04. The first-order chi connectivity index (χ1) is 8.83. The van der Waals surface area contributed by atoms with Gasteiger partial charge in [-0.15, -0.1) is 11.3 Å². The van der Waals surface area contributed by atoms with Crippen LogP contribution in [0.3, 0.4) is 0 Å². The quantitative estimate of drug-likeness (QED) is 0.594. The number of carbonyl (C=O) groups is 1. The van der Waals surface area contributed by atoms with Crippen LogP contribution in [-0.4, -0.2) is 31.6 Å². The predicted molar refractivity (Wildman–Crippen MR) is 70.3 cm³/mol. The fraction of sp³-hybridized carbons (Fsp3) is 0.231. The Morgan fingerprint density at radius 3 is 2.67 bits per heavy atom. The number of ether oxygens (including phenoxy) is 2. The lowest BCUT2D eigenvalue weighted by molar-refractivity contribution is 0.112. The molecule has 0 spiro atoms. The van der Waals surface area contributed by atoms with Gasteiger partial charge in [-0.1, -0.05) is 0 Å². The number of hydrogen-bond acceptors (Lipinski definition) is 5. The Morgan fingerprint density at radius 2 is 2.06 bits per heavy atom. The van der Waals surface area contributed by atoms with Gasteiger partial charge >= 0.3 is 0 Å². The van der Waals surface area contributed by atoms with E-state index in [2.05, 4.69) is 4.98 Å². The smallest absolute Gasteiger partial charge is 0.178 e. The van der Waals surface area contributed by atoms with E-state index in [1.54, 1.807) is 7.11 Å². The Hall–Kier alpha value is -1.72. The van der Waals surface area contributed by atoms with Crippen molar-refractivity contribution in [1.82, 2.24) is 4.98 Å². The number of aldehydes is 1. The number of benzene rings is 1. The minimum absolute atomic E-state index is 0.491. The summed E-state index contributed by atoms with van der Waals surface area (Å²) in [6.45, 7) is 1.10. The molecule has 0 aliphatic rings. The third-order valence-corrected chi connectivity index (χ3v) is 3.10. The fourth-order valence-electron chi connectivity index (χ4n) is 1.44. The first kappa shape index (κ1) is 12.7. The number of aromatic nitrogens is 1. The van der Waals surface area contributed by atoms with E-state index >= 15 is 0 Å². The zero-order chi connectivity index (χ0) is 12.8. The van der Waals surface area contributed by atoms with Crippen molar-refractivity contribution in [2.45, 2.75) is 0 Å². The first-order valence-electron chi connectivity index (χ1n) is 5.46. The molecule has 1 heterocycles. The highest BCUT2D eigenvalue weighted by molar-refractivity contribution is 7.11. The van der Waals surface area contributed by atoms with Crippen LogP contribution in [0.25, 0.3) is 11.3 Å². The van der Waals surface area contributed by atoms with Crippen LogP contribution in [0.15, 0.2) is 29.6 Å². The molecule has 18 heavy (non-hydrogen) atoms. The van der Waals surface area contributed by atoms with Gasteiger partial charge in [0.15, 0.2) is 11.3 Å². The van der Waals surface area contributed by atoms with E-state index in [0.717, 1.165) is 23.3 Å². The molecule has 0 saturated carbocycles. The van der Waals surface area contributed by atoms with E-state index in [9.17, 15) is 4.79 Å². The van der Waals surface area contributed by atoms with Crippen LogP contribution < -0.4 is 4.74 Å². The molecule has 4 nitrogen and oxygen atoms in total. The number of thiazole rings is 1. The molecule has 94 valence electrons. The summed E-state index contributed by atoms with van der Waals surface area (Å²) >= 11 is 1.34. The van der Waals surface area contributed by atoms with E-state index in [1.807, 2.05) is 29.6 Å². The molecule has 0 fully saturated rings. The Morgan fingerprint density at radius 1 is 1.28 bits per heavy atom. The molecule has 2 aromatic rings. The monoisotopic (exact) mass is 263 g/mol. The summed E-state index contributed by atoms with van der Waals surface area (Å²) in [5, 5.41) is 2.36. The maximum Gasteiger partial charge on any atom is 0.178 e. The fourth-order valence-corrected chi connectivity index (χ4v) is 2.07. The number of nitrogens with zero attached hydrogens (tertiary/aromatic N) is 1. The maximum atomic E-state index is 10.6. The molecule has 0 N–H and O–H groups in total. The van der Waals surface area contributed by atoms with Crippen LogP contribution in [0.1, 0.15) is 9.80 Å². The van der Waals surface area contributed by atoms with Gasteiger partial charge in [0.2, 0.25) is 0 Å². The second-order valence-electron chi connectivity index (χ2n) is 3.55. The number of carbonyl (C=O) groups excluding carboxylic acids is 1. The average Bonchev–Trinajstić information content (AvgIpc) is 2.89. The Bertz CT molecular complexity index is 507. The van der Waals surface area contributed by atoms with Crippen molar-refractivity contribution in [1.29, 1.82) is 0 Å². The highest BCUT2D eigenvalue weighted by atomic mass is 32.1. The van der Waals surface area contributed by atoms with Crippen molar-refractivity contribution in [3.05, 3.63) is 34.7 Å². The molecule has 0 aliphatic heterocycles. The number of rotatable bonds is 6. The summed E-state index contributed by atoms with van der Waals surface area (Å²) in [5.41, 5.74) is 1.78. The molecule has 2 rings (SSSR count). The van der Waals surface area contributed by atoms with Gasteiger partial charge in [-0.25, -0.2) is 4.98 Å². The Balaban J connectivity index is 2.04. The van der Waals surface area contributed by atoms with Gasteiger partial charge < -0.3 is 9.47 Å². The first-order valence-corrected chi connectivity index (χ1v) is 6.34. The SMILES string of the molecule is COCCOc1ccc(-c2csc(C=O)n2)cc1. The highest BCUT2D eigenvalue weighted by Crippen LogP contribution is 2.23. The van der Waals surface area contributed by atoms with Crippen molar-refractivity contribution in [2.75, 3.05) is 20.3 Å². The van der Waals surface area contributed by atoms with Crippen molar-refractivity contribution < 1.29 is 14.3 Å². The normalized spacial score (nSPS) is 10.3. The van der Waals surface area contributed by atoms with Crippen LogP contribution >= 0.6 is 11.3 Å². The van der Waals surface area contributed by atoms with Crippen molar-refractivity contribution in [3.63, 3.8) is 0 Å². The van der Waals surface area contributed by atoms with Gasteiger partial charge in [0.1, 0.15) is 12.4 Å². The molecular weight excluding hydrogens is 250 g/mol. The topological polar surface area (TPSA) is 48.4 Å². The molecule has 0 bridgehead atoms. The van der Waals surface area contributed by atoms with Gasteiger partial charge in [-0.05, 0) is 24.3 Å². The van der Waals surface area contributed by atoms with Gasteiger partial charge in [0, 0.05) is 18.1 Å². The van der Waals surface area contributed by atoms with Crippen LogP contribution in [0, 0.1) is 0 Å². The van der Waals surface area contributed by atoms with Crippen LogP contribution in [-0.2, 0) is 4.74 Å². The minimum atomic E-state index is 0.491. The van der Waals surface area contributed by atoms with E-state index in [0.29, 0.717) is 18.2 Å². The zero-order valence-corrected chi connectivity index (χ0v) is 10.8. The summed E-state index contributed by atoms with van der Waals surface area (Å²) < 4.78 is 10.4. The summed E-state index contributed by atoms with van der Waals surface area (Å²) in [6, 6.07) is 7.60. The molecule has 0 atom stereocenters. The lowest BCUT2D eigenvalue weighted by Gasteiger charge is -2.05. The number of methoxy groups -OCH3 is 1. The van der Waals surface area contributed by atoms with Gasteiger partial charge in [-0.2, -0.15) is 0 Å². The number of hydrogen-bond donors (Lipinski definition) is 0. The summed E-state index contributed by atoms with van der Waals surface area (Å²) in [4.78, 5) is 14.8. The van der Waals surface area contributed by atoms with Crippen LogP contribution in [0.2, 0.25) is 0 Å². The summed E-state index contributed by atoms with van der Waals surface area (Å²) in [5.74, 6) is 0.793. The standard InChI is InChI=1S/C13H13NO3S/c1-16-6-7-17-11-4-2-10(3-5-11)12-9-18-13(8-15)14-12/h2-5,8-9H,6-7H2,1H3. The largest absolute Gasteiger partial charge is 0.491 e. The summed E-state index contributed by atoms with van der Waals surface area (Å²) in [7, 11) is 1.64. The van der Waals surface area contributed by atoms with Gasteiger partial charge in [0.05, 0.1) is 12.3 Å². The Labute approximate surface area is 109 Å². The second-order valence-corrected chi connectivity index (χ2v) is 4.44. The van der Waals surface area contributed by atoms with Crippen molar-refractivity contribution in [2.24, 2.45) is 0 Å². The predicted octanol–water partition coefficient (Wildman–Crippen LogP) is 2.65. The maximum absolute atomic E-state index is 10.6. The lowest BCUT2D eigenvalue weighted by atomic mass is 10.2.